The summed E-state index contributed by atoms with van der Waals surface area (Å²) < 4.78 is 5.96. The van der Waals surface area contributed by atoms with Crippen molar-refractivity contribution in [2.45, 2.75) is 38.8 Å². The summed E-state index contributed by atoms with van der Waals surface area (Å²) in [5, 5.41) is 3.48. The Labute approximate surface area is 116 Å². The van der Waals surface area contributed by atoms with Crippen molar-refractivity contribution in [3.8, 4) is 0 Å². The molecule has 1 N–H and O–H groups in total. The van der Waals surface area contributed by atoms with Gasteiger partial charge in [-0.05, 0) is 40.9 Å². The molecule has 2 unspecified atom stereocenters. The molecule has 1 aliphatic heterocycles. The lowest BCUT2D eigenvalue weighted by molar-refractivity contribution is 0.0542. The van der Waals surface area contributed by atoms with E-state index in [-0.39, 0.29) is 11.9 Å². The maximum Gasteiger partial charge on any atom is 0.289 e. The van der Waals surface area contributed by atoms with Crippen LogP contribution in [0.25, 0.3) is 0 Å². The van der Waals surface area contributed by atoms with Gasteiger partial charge in [-0.1, -0.05) is 13.8 Å². The van der Waals surface area contributed by atoms with Gasteiger partial charge in [-0.25, -0.2) is 0 Å². The molecule has 18 heavy (non-hydrogen) atoms. The van der Waals surface area contributed by atoms with E-state index < -0.39 is 0 Å². The van der Waals surface area contributed by atoms with Crippen LogP contribution >= 0.6 is 15.9 Å². The fraction of sp³-hybridized carbons (Fsp3) is 0.615. The van der Waals surface area contributed by atoms with E-state index in [0.29, 0.717) is 16.5 Å². The Hall–Kier alpha value is -0.810. The zero-order chi connectivity index (χ0) is 13.1. The number of nitrogens with one attached hydrogen (secondary N) is 1. The van der Waals surface area contributed by atoms with Crippen LogP contribution in [0.4, 0.5) is 0 Å². The van der Waals surface area contributed by atoms with Crippen molar-refractivity contribution in [1.29, 1.82) is 0 Å². The van der Waals surface area contributed by atoms with Crippen LogP contribution in [0.2, 0.25) is 0 Å². The maximum atomic E-state index is 12.4. The Morgan fingerprint density at radius 2 is 2.28 bits per heavy atom. The first kappa shape index (κ1) is 13.6. The molecule has 0 aliphatic carbocycles. The minimum Gasteiger partial charge on any atom is -0.444 e. The second kappa shape index (κ2) is 5.89. The quantitative estimate of drug-likeness (QED) is 0.933. The molecule has 1 aliphatic rings. The highest BCUT2D eigenvalue weighted by Crippen LogP contribution is 2.20. The Morgan fingerprint density at radius 1 is 1.50 bits per heavy atom. The van der Waals surface area contributed by atoms with Crippen LogP contribution in [-0.2, 0) is 0 Å². The molecular formula is C13H19BrN2O2. The van der Waals surface area contributed by atoms with Crippen molar-refractivity contribution in [2.24, 2.45) is 0 Å². The predicted octanol–water partition coefficient (Wildman–Crippen LogP) is 2.64. The number of halogens is 1. The summed E-state index contributed by atoms with van der Waals surface area (Å²) in [6.45, 7) is 5.86. The number of amides is 1. The fourth-order valence-electron chi connectivity index (χ4n) is 2.32. The zero-order valence-corrected chi connectivity index (χ0v) is 12.4. The summed E-state index contributed by atoms with van der Waals surface area (Å²) in [6, 6.07) is 4.12. The molecule has 2 rings (SSSR count). The highest BCUT2D eigenvalue weighted by molar-refractivity contribution is 9.10. The van der Waals surface area contributed by atoms with Crippen molar-refractivity contribution >= 4 is 21.8 Å². The highest BCUT2D eigenvalue weighted by Gasteiger charge is 2.31. The summed E-state index contributed by atoms with van der Waals surface area (Å²) >= 11 is 3.23. The normalized spacial score (nSPS) is 24.3. The standard InChI is InChI=1S/C13H19BrN2O2/c1-3-9-8-16(10(4-2)7-15-9)13(17)11-5-6-12(14)18-11/h5-6,9-10,15H,3-4,7-8H2,1-2H3. The SMILES string of the molecule is CCC1CN(C(=O)c2ccc(Br)o2)C(CC)CN1. The van der Waals surface area contributed by atoms with E-state index in [9.17, 15) is 4.79 Å². The lowest BCUT2D eigenvalue weighted by Crippen LogP contribution is -2.57. The van der Waals surface area contributed by atoms with Crippen molar-refractivity contribution in [3.05, 3.63) is 22.6 Å². The van der Waals surface area contributed by atoms with Gasteiger partial charge in [0.05, 0.1) is 0 Å². The van der Waals surface area contributed by atoms with E-state index in [1.54, 1.807) is 12.1 Å². The molecule has 4 nitrogen and oxygen atoms in total. The molecule has 2 heterocycles. The number of hydrogen-bond donors (Lipinski definition) is 1. The predicted molar refractivity (Wildman–Crippen MR) is 73.6 cm³/mol. The fourth-order valence-corrected chi connectivity index (χ4v) is 2.63. The van der Waals surface area contributed by atoms with E-state index in [2.05, 4.69) is 35.1 Å². The Bertz CT molecular complexity index is 419. The van der Waals surface area contributed by atoms with Gasteiger partial charge in [0.2, 0.25) is 0 Å². The first-order valence-electron chi connectivity index (χ1n) is 6.45. The van der Waals surface area contributed by atoms with Gasteiger partial charge in [-0.3, -0.25) is 4.79 Å². The third-order valence-corrected chi connectivity index (χ3v) is 3.94. The Balaban J connectivity index is 2.14. The highest BCUT2D eigenvalue weighted by atomic mass is 79.9. The second-order valence-electron chi connectivity index (χ2n) is 4.64. The summed E-state index contributed by atoms with van der Waals surface area (Å²) in [4.78, 5) is 14.4. The lowest BCUT2D eigenvalue weighted by atomic mass is 10.0. The number of carbonyl (C=O) groups is 1. The molecule has 1 fully saturated rings. The number of furan rings is 1. The summed E-state index contributed by atoms with van der Waals surface area (Å²) in [7, 11) is 0. The molecule has 1 saturated heterocycles. The molecule has 1 aromatic rings. The molecule has 0 radical (unpaired) electrons. The first-order chi connectivity index (χ1) is 8.65. The minimum atomic E-state index is -0.00694. The maximum absolute atomic E-state index is 12.4. The van der Waals surface area contributed by atoms with E-state index in [1.165, 1.54) is 0 Å². The first-order valence-corrected chi connectivity index (χ1v) is 7.24. The van der Waals surface area contributed by atoms with Gasteiger partial charge < -0.3 is 14.6 Å². The summed E-state index contributed by atoms with van der Waals surface area (Å²) in [5.74, 6) is 0.407. The largest absolute Gasteiger partial charge is 0.444 e. The molecule has 1 amide bonds. The third-order valence-electron chi connectivity index (χ3n) is 3.51. The number of piperazine rings is 1. The molecule has 5 heteroatoms. The van der Waals surface area contributed by atoms with Gasteiger partial charge in [-0.2, -0.15) is 0 Å². The van der Waals surface area contributed by atoms with Crippen LogP contribution in [0.5, 0.6) is 0 Å². The molecule has 0 aromatic carbocycles. The molecule has 0 spiro atoms. The Morgan fingerprint density at radius 3 is 2.83 bits per heavy atom. The van der Waals surface area contributed by atoms with Crippen LogP contribution in [0.15, 0.2) is 21.2 Å². The Kier molecular flexibility index (Phi) is 4.45. The average molecular weight is 315 g/mol. The van der Waals surface area contributed by atoms with Gasteiger partial charge in [0.1, 0.15) is 0 Å². The molecule has 0 saturated carbocycles. The molecular weight excluding hydrogens is 296 g/mol. The number of rotatable bonds is 3. The van der Waals surface area contributed by atoms with Gasteiger partial charge >= 0.3 is 0 Å². The van der Waals surface area contributed by atoms with E-state index in [4.69, 9.17) is 4.42 Å². The van der Waals surface area contributed by atoms with Crippen LogP contribution in [0, 0.1) is 0 Å². The van der Waals surface area contributed by atoms with E-state index >= 15 is 0 Å². The van der Waals surface area contributed by atoms with Crippen molar-refractivity contribution < 1.29 is 9.21 Å². The monoisotopic (exact) mass is 314 g/mol. The number of carbonyl (C=O) groups excluding carboxylic acids is 1. The molecule has 1 aromatic heterocycles. The molecule has 100 valence electrons. The smallest absolute Gasteiger partial charge is 0.289 e. The number of nitrogens with zero attached hydrogens (tertiary/aromatic N) is 1. The van der Waals surface area contributed by atoms with Crippen LogP contribution < -0.4 is 5.32 Å². The average Bonchev–Trinajstić information content (AvgIpc) is 2.83. The van der Waals surface area contributed by atoms with Crippen molar-refractivity contribution in [1.82, 2.24) is 10.2 Å². The van der Waals surface area contributed by atoms with Gasteiger partial charge in [-0.15, -0.1) is 0 Å². The summed E-state index contributed by atoms with van der Waals surface area (Å²) in [5.41, 5.74) is 0. The molecule has 2 atom stereocenters. The zero-order valence-electron chi connectivity index (χ0n) is 10.8. The van der Waals surface area contributed by atoms with Gasteiger partial charge in [0.15, 0.2) is 10.4 Å². The van der Waals surface area contributed by atoms with Gasteiger partial charge in [0, 0.05) is 25.2 Å². The van der Waals surface area contributed by atoms with E-state index in [1.807, 2.05) is 4.90 Å². The topological polar surface area (TPSA) is 45.5 Å². The molecule has 0 bridgehead atoms. The number of hydrogen-bond acceptors (Lipinski definition) is 3. The van der Waals surface area contributed by atoms with Crippen molar-refractivity contribution in [3.63, 3.8) is 0 Å². The van der Waals surface area contributed by atoms with Crippen LogP contribution in [-0.4, -0.2) is 36.0 Å². The third kappa shape index (κ3) is 2.78. The van der Waals surface area contributed by atoms with Crippen molar-refractivity contribution in [2.75, 3.05) is 13.1 Å². The van der Waals surface area contributed by atoms with Crippen LogP contribution in [0.1, 0.15) is 37.2 Å². The summed E-state index contributed by atoms with van der Waals surface area (Å²) in [6.07, 6.45) is 1.99. The van der Waals surface area contributed by atoms with Crippen LogP contribution in [0.3, 0.4) is 0 Å². The van der Waals surface area contributed by atoms with Gasteiger partial charge in [0.25, 0.3) is 5.91 Å². The second-order valence-corrected chi connectivity index (χ2v) is 5.42. The minimum absolute atomic E-state index is 0.00694. The van der Waals surface area contributed by atoms with E-state index in [0.717, 1.165) is 25.9 Å². The lowest BCUT2D eigenvalue weighted by Gasteiger charge is -2.39.